The summed E-state index contributed by atoms with van der Waals surface area (Å²) in [5.41, 5.74) is 3.37. The molecule has 2 aliphatic rings. The van der Waals surface area contributed by atoms with Crippen LogP contribution in [0.2, 0.25) is 0 Å². The van der Waals surface area contributed by atoms with Gasteiger partial charge in [0.25, 0.3) is 5.56 Å². The van der Waals surface area contributed by atoms with Crippen molar-refractivity contribution in [2.75, 3.05) is 31.9 Å². The third kappa shape index (κ3) is 5.21. The molecule has 182 valence electrons. The van der Waals surface area contributed by atoms with Crippen LogP contribution in [0.3, 0.4) is 0 Å². The topological polar surface area (TPSA) is 58.4 Å². The Morgan fingerprint density at radius 2 is 1.63 bits per heavy atom. The third-order valence-corrected chi connectivity index (χ3v) is 8.02. The average Bonchev–Trinajstić information content (AvgIpc) is 3.29. The zero-order chi connectivity index (χ0) is 24.2. The van der Waals surface area contributed by atoms with Crippen LogP contribution in [0.1, 0.15) is 48.7 Å². The molecule has 0 spiro atoms. The summed E-state index contributed by atoms with van der Waals surface area (Å²) in [6, 6.07) is 22.9. The molecule has 0 N–H and O–H groups in total. The predicted molar refractivity (Wildman–Crippen MR) is 140 cm³/mol. The molecule has 0 saturated carbocycles. The second-order valence-electron chi connectivity index (χ2n) is 9.30. The summed E-state index contributed by atoms with van der Waals surface area (Å²) in [6.45, 7) is 5.12. The van der Waals surface area contributed by atoms with Crippen molar-refractivity contribution in [2.24, 2.45) is 0 Å². The summed E-state index contributed by atoms with van der Waals surface area (Å²) >= 11 is 1.59. The standard InChI is InChI=1S/C28H32N4O2S/c1-2-9-23-18-26(34)32-24(20-35-28(32)29-23)19-25(33)30-14-16-31(17-15-30)27(21-10-5-3-6-11-21)22-12-7-4-8-13-22/h3-8,10-13,18,24,27H,2,9,14-17,19-20H2,1H3. The van der Waals surface area contributed by atoms with Crippen LogP contribution in [0.5, 0.6) is 0 Å². The van der Waals surface area contributed by atoms with E-state index < -0.39 is 0 Å². The Morgan fingerprint density at radius 3 is 2.23 bits per heavy atom. The van der Waals surface area contributed by atoms with Gasteiger partial charge in [-0.15, -0.1) is 0 Å². The monoisotopic (exact) mass is 488 g/mol. The van der Waals surface area contributed by atoms with E-state index >= 15 is 0 Å². The minimum Gasteiger partial charge on any atom is -0.340 e. The fraction of sp³-hybridized carbons (Fsp3) is 0.393. The molecular formula is C28H32N4O2S. The second kappa shape index (κ2) is 10.8. The van der Waals surface area contributed by atoms with Gasteiger partial charge < -0.3 is 4.90 Å². The van der Waals surface area contributed by atoms with Crippen LogP contribution in [0.15, 0.2) is 76.7 Å². The molecule has 2 aliphatic heterocycles. The zero-order valence-corrected chi connectivity index (χ0v) is 21.0. The molecule has 2 aromatic carbocycles. The lowest BCUT2D eigenvalue weighted by Gasteiger charge is -2.40. The Labute approximate surface area is 211 Å². The van der Waals surface area contributed by atoms with Gasteiger partial charge in [-0.2, -0.15) is 0 Å². The van der Waals surface area contributed by atoms with Crippen molar-refractivity contribution in [3.63, 3.8) is 0 Å². The number of aryl methyl sites for hydroxylation is 1. The number of hydrogen-bond acceptors (Lipinski definition) is 5. The molecule has 1 aromatic heterocycles. The van der Waals surface area contributed by atoms with E-state index in [1.54, 1.807) is 22.4 Å². The van der Waals surface area contributed by atoms with Crippen molar-refractivity contribution in [3.05, 3.63) is 93.9 Å². The highest BCUT2D eigenvalue weighted by Crippen LogP contribution is 2.33. The predicted octanol–water partition coefficient (Wildman–Crippen LogP) is 4.17. The van der Waals surface area contributed by atoms with Crippen LogP contribution in [0.4, 0.5) is 0 Å². The fourth-order valence-electron chi connectivity index (χ4n) is 5.18. The Bertz CT molecular complexity index is 1170. The summed E-state index contributed by atoms with van der Waals surface area (Å²) < 4.78 is 1.73. The molecule has 35 heavy (non-hydrogen) atoms. The highest BCUT2D eigenvalue weighted by atomic mass is 32.2. The molecule has 7 heteroatoms. The molecule has 0 radical (unpaired) electrons. The highest BCUT2D eigenvalue weighted by molar-refractivity contribution is 7.99. The lowest BCUT2D eigenvalue weighted by molar-refractivity contribution is -0.133. The molecule has 1 fully saturated rings. The number of hydrogen-bond donors (Lipinski definition) is 0. The normalized spacial score (nSPS) is 18.1. The van der Waals surface area contributed by atoms with Crippen molar-refractivity contribution < 1.29 is 4.79 Å². The molecule has 3 heterocycles. The van der Waals surface area contributed by atoms with Gasteiger partial charge in [0.05, 0.1) is 12.1 Å². The summed E-state index contributed by atoms with van der Waals surface area (Å²) in [5.74, 6) is 0.858. The molecule has 1 saturated heterocycles. The fourth-order valence-corrected chi connectivity index (χ4v) is 6.35. The first kappa shape index (κ1) is 23.8. The van der Waals surface area contributed by atoms with Gasteiger partial charge in [0.2, 0.25) is 5.91 Å². The molecule has 1 unspecified atom stereocenters. The first-order valence-electron chi connectivity index (χ1n) is 12.5. The van der Waals surface area contributed by atoms with Crippen molar-refractivity contribution in [1.82, 2.24) is 19.4 Å². The van der Waals surface area contributed by atoms with E-state index in [1.165, 1.54) is 11.1 Å². The first-order chi connectivity index (χ1) is 17.1. The summed E-state index contributed by atoms with van der Waals surface area (Å²) in [7, 11) is 0. The molecule has 3 aromatic rings. The summed E-state index contributed by atoms with van der Waals surface area (Å²) in [5, 5.41) is 0.761. The van der Waals surface area contributed by atoms with Gasteiger partial charge in [0, 0.05) is 50.1 Å². The molecule has 6 nitrogen and oxygen atoms in total. The van der Waals surface area contributed by atoms with Gasteiger partial charge in [-0.05, 0) is 17.5 Å². The second-order valence-corrected chi connectivity index (χ2v) is 10.3. The number of amides is 1. The van der Waals surface area contributed by atoms with Gasteiger partial charge in [0.15, 0.2) is 5.16 Å². The number of fused-ring (bicyclic) bond motifs is 1. The van der Waals surface area contributed by atoms with Gasteiger partial charge in [-0.1, -0.05) is 85.8 Å². The Morgan fingerprint density at radius 1 is 1.00 bits per heavy atom. The van der Waals surface area contributed by atoms with Crippen LogP contribution >= 0.6 is 11.8 Å². The minimum atomic E-state index is -0.113. The maximum Gasteiger partial charge on any atom is 0.254 e. The molecule has 1 atom stereocenters. The van der Waals surface area contributed by atoms with E-state index in [4.69, 9.17) is 0 Å². The smallest absolute Gasteiger partial charge is 0.254 e. The average molecular weight is 489 g/mol. The quantitative estimate of drug-likeness (QED) is 0.468. The van der Waals surface area contributed by atoms with Crippen LogP contribution < -0.4 is 5.56 Å². The van der Waals surface area contributed by atoms with Gasteiger partial charge in [-0.25, -0.2) is 4.98 Å². The number of aromatic nitrogens is 2. The molecule has 0 aliphatic carbocycles. The number of carbonyl (C=O) groups is 1. The largest absolute Gasteiger partial charge is 0.340 e. The summed E-state index contributed by atoms with van der Waals surface area (Å²) in [4.78, 5) is 35.1. The number of benzene rings is 2. The van der Waals surface area contributed by atoms with Gasteiger partial charge in [-0.3, -0.25) is 19.1 Å². The Hall–Kier alpha value is -2.90. The Kier molecular flexibility index (Phi) is 7.35. The number of thioether (sulfide) groups is 1. The highest BCUT2D eigenvalue weighted by Gasteiger charge is 2.32. The van der Waals surface area contributed by atoms with Crippen LogP contribution in [0, 0.1) is 0 Å². The van der Waals surface area contributed by atoms with Crippen LogP contribution in [0.25, 0.3) is 0 Å². The van der Waals surface area contributed by atoms with Crippen molar-refractivity contribution >= 4 is 17.7 Å². The van der Waals surface area contributed by atoms with Crippen LogP contribution in [-0.4, -0.2) is 57.2 Å². The third-order valence-electron chi connectivity index (χ3n) is 6.92. The zero-order valence-electron chi connectivity index (χ0n) is 20.2. The van der Waals surface area contributed by atoms with Crippen LogP contribution in [-0.2, 0) is 11.2 Å². The van der Waals surface area contributed by atoms with E-state index in [0.29, 0.717) is 19.5 Å². The van der Waals surface area contributed by atoms with Crippen molar-refractivity contribution in [3.8, 4) is 0 Å². The van der Waals surface area contributed by atoms with E-state index in [-0.39, 0.29) is 23.6 Å². The number of piperazine rings is 1. The van der Waals surface area contributed by atoms with E-state index in [1.807, 2.05) is 17.0 Å². The number of nitrogens with zero attached hydrogens (tertiary/aromatic N) is 4. The van der Waals surface area contributed by atoms with Gasteiger partial charge >= 0.3 is 0 Å². The lowest BCUT2D eigenvalue weighted by Crippen LogP contribution is -2.50. The minimum absolute atomic E-state index is 0.0281. The van der Waals surface area contributed by atoms with Gasteiger partial charge in [0.1, 0.15) is 0 Å². The Balaban J connectivity index is 1.25. The molecule has 0 bridgehead atoms. The SMILES string of the molecule is CCCc1cc(=O)n2c(n1)SCC2CC(=O)N1CCN(C(c2ccccc2)c2ccccc2)CC1. The maximum absolute atomic E-state index is 13.2. The molecular weight excluding hydrogens is 456 g/mol. The van der Waals surface area contributed by atoms with E-state index in [9.17, 15) is 9.59 Å². The van der Waals surface area contributed by atoms with E-state index in [2.05, 4.69) is 65.3 Å². The maximum atomic E-state index is 13.2. The molecule has 1 amide bonds. The summed E-state index contributed by atoms with van der Waals surface area (Å²) in [6.07, 6.45) is 2.13. The lowest BCUT2D eigenvalue weighted by atomic mass is 9.96. The first-order valence-corrected chi connectivity index (χ1v) is 13.5. The number of carbonyl (C=O) groups excluding carboxylic acids is 1. The van der Waals surface area contributed by atoms with Crippen molar-refractivity contribution in [2.45, 2.75) is 43.4 Å². The van der Waals surface area contributed by atoms with Crippen molar-refractivity contribution in [1.29, 1.82) is 0 Å². The number of rotatable bonds is 7. The molecule has 5 rings (SSSR count). The van der Waals surface area contributed by atoms with E-state index in [0.717, 1.165) is 42.5 Å².